The molecule has 2 bridgehead atoms. The Morgan fingerprint density at radius 2 is 1.78 bits per heavy atom. The van der Waals surface area contributed by atoms with E-state index in [2.05, 4.69) is 54.4 Å². The van der Waals surface area contributed by atoms with Crippen LogP contribution < -0.4 is 4.74 Å². The monoisotopic (exact) mass is 381 g/mol. The van der Waals surface area contributed by atoms with Crippen LogP contribution >= 0.6 is 11.8 Å². The highest BCUT2D eigenvalue weighted by Gasteiger charge is 2.40. The molecule has 3 nitrogen and oxygen atoms in total. The lowest BCUT2D eigenvalue weighted by Crippen LogP contribution is -2.43. The van der Waals surface area contributed by atoms with Gasteiger partial charge in [0.2, 0.25) is 0 Å². The summed E-state index contributed by atoms with van der Waals surface area (Å²) in [5.41, 5.74) is 3.97. The number of rotatable bonds is 3. The number of methoxy groups -OCH3 is 1. The molecule has 2 fully saturated rings. The molecule has 3 heterocycles. The smallest absolute Gasteiger partial charge is 0.119 e. The summed E-state index contributed by atoms with van der Waals surface area (Å²) in [6.45, 7) is 0. The summed E-state index contributed by atoms with van der Waals surface area (Å²) >= 11 is 1.91. The largest absolute Gasteiger partial charge is 0.497 e. The normalized spacial score (nSPS) is 29.7. The zero-order chi connectivity index (χ0) is 18.4. The highest BCUT2D eigenvalue weighted by Crippen LogP contribution is 2.45. The van der Waals surface area contributed by atoms with Crippen molar-refractivity contribution in [2.24, 2.45) is 0 Å². The first-order valence-electron chi connectivity index (χ1n) is 9.99. The second kappa shape index (κ2) is 7.16. The van der Waals surface area contributed by atoms with E-state index in [9.17, 15) is 0 Å². The Bertz CT molecular complexity index is 825. The lowest BCUT2D eigenvalue weighted by molar-refractivity contribution is -0.0436. The average Bonchev–Trinajstić information content (AvgIpc) is 2.88. The summed E-state index contributed by atoms with van der Waals surface area (Å²) in [5, 5.41) is 0. The van der Waals surface area contributed by atoms with E-state index in [1.54, 1.807) is 7.11 Å². The molecule has 0 aromatic heterocycles. The van der Waals surface area contributed by atoms with Gasteiger partial charge in [0.05, 0.1) is 13.2 Å². The van der Waals surface area contributed by atoms with Crippen LogP contribution in [0.3, 0.4) is 0 Å². The lowest BCUT2D eigenvalue weighted by atomic mass is 9.95. The van der Waals surface area contributed by atoms with Gasteiger partial charge in [-0.3, -0.25) is 0 Å². The summed E-state index contributed by atoms with van der Waals surface area (Å²) in [5.74, 6) is 1.90. The van der Waals surface area contributed by atoms with Crippen molar-refractivity contribution in [2.45, 2.75) is 60.6 Å². The number of thioether (sulfide) groups is 1. The van der Waals surface area contributed by atoms with E-state index in [4.69, 9.17) is 9.47 Å². The van der Waals surface area contributed by atoms with Crippen LogP contribution in [0.2, 0.25) is 0 Å². The standard InChI is InChI=1S/C23H27NO2S/c1-24-16-7-8-17(24)12-19(11-16)26-23-20-6-4-3-5-15(20)14-27-22-10-9-18(25-2)13-21(22)23/h3-6,9-10,13,16-17,19,23H,7-8,11-12,14H2,1-2H3. The summed E-state index contributed by atoms with van der Waals surface area (Å²) in [4.78, 5) is 3.89. The van der Waals surface area contributed by atoms with Crippen molar-refractivity contribution in [1.82, 2.24) is 4.90 Å². The van der Waals surface area contributed by atoms with E-state index >= 15 is 0 Å². The molecular formula is C23H27NO2S. The molecule has 3 atom stereocenters. The van der Waals surface area contributed by atoms with E-state index in [-0.39, 0.29) is 6.10 Å². The second-order valence-electron chi connectivity index (χ2n) is 8.05. The topological polar surface area (TPSA) is 21.7 Å². The average molecular weight is 382 g/mol. The van der Waals surface area contributed by atoms with Crippen LogP contribution in [0, 0.1) is 0 Å². The molecule has 3 unspecified atom stereocenters. The second-order valence-corrected chi connectivity index (χ2v) is 9.07. The van der Waals surface area contributed by atoms with Crippen LogP contribution in [0.5, 0.6) is 5.75 Å². The van der Waals surface area contributed by atoms with E-state index in [1.807, 2.05) is 11.8 Å². The number of benzene rings is 2. The van der Waals surface area contributed by atoms with E-state index in [0.29, 0.717) is 18.2 Å². The molecule has 0 aliphatic carbocycles. The number of hydrogen-bond acceptors (Lipinski definition) is 4. The van der Waals surface area contributed by atoms with Crippen LogP contribution in [0.15, 0.2) is 47.4 Å². The molecule has 0 amide bonds. The van der Waals surface area contributed by atoms with Gasteiger partial charge in [-0.05, 0) is 62.1 Å². The number of hydrogen-bond donors (Lipinski definition) is 0. The zero-order valence-electron chi connectivity index (χ0n) is 16.1. The van der Waals surface area contributed by atoms with Gasteiger partial charge >= 0.3 is 0 Å². The van der Waals surface area contributed by atoms with Crippen LogP contribution in [0.1, 0.15) is 48.5 Å². The van der Waals surface area contributed by atoms with Gasteiger partial charge in [0, 0.05) is 28.3 Å². The van der Waals surface area contributed by atoms with E-state index in [0.717, 1.165) is 24.3 Å². The Kier molecular flexibility index (Phi) is 4.66. The van der Waals surface area contributed by atoms with Crippen LogP contribution in [-0.2, 0) is 10.5 Å². The predicted molar refractivity (Wildman–Crippen MR) is 110 cm³/mol. The number of piperidine rings is 1. The minimum Gasteiger partial charge on any atom is -0.497 e. The SMILES string of the molecule is COc1ccc2c(c1)C(OC1CC3CCC(C1)N3C)c1ccccc1CS2. The van der Waals surface area contributed by atoms with Gasteiger partial charge in [-0.2, -0.15) is 0 Å². The minimum atomic E-state index is -0.00546. The van der Waals surface area contributed by atoms with Crippen molar-refractivity contribution in [2.75, 3.05) is 14.2 Å². The highest BCUT2D eigenvalue weighted by molar-refractivity contribution is 7.98. The number of nitrogens with zero attached hydrogens (tertiary/aromatic N) is 1. The summed E-state index contributed by atoms with van der Waals surface area (Å²) in [6.07, 6.45) is 5.27. The zero-order valence-corrected chi connectivity index (χ0v) is 16.9. The van der Waals surface area contributed by atoms with Crippen molar-refractivity contribution < 1.29 is 9.47 Å². The Labute approximate surface area is 166 Å². The first-order valence-corrected chi connectivity index (χ1v) is 11.0. The molecule has 4 heteroatoms. The molecule has 27 heavy (non-hydrogen) atoms. The molecule has 0 spiro atoms. The fourth-order valence-electron chi connectivity index (χ4n) is 5.05. The maximum Gasteiger partial charge on any atom is 0.119 e. The molecule has 3 aliphatic rings. The minimum absolute atomic E-state index is 0.00546. The van der Waals surface area contributed by atoms with Gasteiger partial charge in [0.25, 0.3) is 0 Å². The van der Waals surface area contributed by atoms with E-state index in [1.165, 1.54) is 34.4 Å². The molecule has 2 aromatic rings. The Balaban J connectivity index is 1.52. The molecule has 142 valence electrons. The predicted octanol–water partition coefficient (Wildman–Crippen LogP) is 5.03. The van der Waals surface area contributed by atoms with E-state index < -0.39 is 0 Å². The van der Waals surface area contributed by atoms with Crippen LogP contribution in [0.25, 0.3) is 0 Å². The van der Waals surface area contributed by atoms with Crippen molar-refractivity contribution >= 4 is 11.8 Å². The first kappa shape index (κ1) is 17.6. The van der Waals surface area contributed by atoms with Gasteiger partial charge in [0.15, 0.2) is 0 Å². The fraction of sp³-hybridized carbons (Fsp3) is 0.478. The van der Waals surface area contributed by atoms with Crippen molar-refractivity contribution in [1.29, 1.82) is 0 Å². The number of fused-ring (bicyclic) bond motifs is 4. The summed E-state index contributed by atoms with van der Waals surface area (Å²) < 4.78 is 12.4. The first-order chi connectivity index (χ1) is 13.2. The molecule has 0 radical (unpaired) electrons. The number of ether oxygens (including phenoxy) is 2. The maximum atomic E-state index is 6.90. The third kappa shape index (κ3) is 3.18. The van der Waals surface area contributed by atoms with Crippen molar-refractivity contribution in [3.8, 4) is 5.75 Å². The van der Waals surface area contributed by atoms with Gasteiger partial charge in [-0.1, -0.05) is 24.3 Å². The maximum absolute atomic E-state index is 6.90. The Morgan fingerprint density at radius 1 is 1.00 bits per heavy atom. The van der Waals surface area contributed by atoms with Crippen LogP contribution in [0.4, 0.5) is 0 Å². The summed E-state index contributed by atoms with van der Waals surface area (Å²) in [6, 6.07) is 16.6. The summed E-state index contributed by atoms with van der Waals surface area (Å²) in [7, 11) is 4.03. The molecule has 0 saturated carbocycles. The van der Waals surface area contributed by atoms with Crippen molar-refractivity contribution in [3.05, 3.63) is 59.2 Å². The van der Waals surface area contributed by atoms with Gasteiger partial charge in [-0.25, -0.2) is 0 Å². The lowest BCUT2D eigenvalue weighted by Gasteiger charge is -2.38. The fourth-order valence-corrected chi connectivity index (χ4v) is 6.12. The third-order valence-electron chi connectivity index (χ3n) is 6.60. The molecule has 3 aliphatic heterocycles. The van der Waals surface area contributed by atoms with Crippen molar-refractivity contribution in [3.63, 3.8) is 0 Å². The van der Waals surface area contributed by atoms with Gasteiger partial charge in [-0.15, -0.1) is 11.8 Å². The van der Waals surface area contributed by atoms with Gasteiger partial charge in [0.1, 0.15) is 11.9 Å². The molecule has 0 N–H and O–H groups in total. The Morgan fingerprint density at radius 3 is 2.56 bits per heavy atom. The molecule has 5 rings (SSSR count). The highest BCUT2D eigenvalue weighted by atomic mass is 32.2. The van der Waals surface area contributed by atoms with Gasteiger partial charge < -0.3 is 14.4 Å². The third-order valence-corrected chi connectivity index (χ3v) is 7.74. The van der Waals surface area contributed by atoms with Crippen LogP contribution in [-0.4, -0.2) is 37.2 Å². The Hall–Kier alpha value is -1.49. The molecule has 2 saturated heterocycles. The molecule has 2 aromatic carbocycles. The quantitative estimate of drug-likeness (QED) is 0.743. The molecular weight excluding hydrogens is 354 g/mol.